The van der Waals surface area contributed by atoms with Crippen LogP contribution < -0.4 is 5.32 Å². The highest BCUT2D eigenvalue weighted by molar-refractivity contribution is 5.77. The molecule has 3 fully saturated rings. The molecule has 3 aliphatic rings. The summed E-state index contributed by atoms with van der Waals surface area (Å²) in [7, 11) is 0. The molecule has 0 aromatic carbocycles. The lowest BCUT2D eigenvalue weighted by Gasteiger charge is -2.38. The van der Waals surface area contributed by atoms with Crippen molar-refractivity contribution in [2.45, 2.75) is 45.1 Å². The van der Waals surface area contributed by atoms with Crippen molar-refractivity contribution in [1.82, 2.24) is 15.1 Å². The van der Waals surface area contributed by atoms with E-state index in [9.17, 15) is 4.79 Å². The van der Waals surface area contributed by atoms with Crippen LogP contribution in [0.15, 0.2) is 0 Å². The molecule has 0 aromatic heterocycles. The molecule has 1 N–H and O–H groups in total. The van der Waals surface area contributed by atoms with Gasteiger partial charge in [0, 0.05) is 38.6 Å². The number of amides is 1. The Kier molecular flexibility index (Phi) is 3.81. The van der Waals surface area contributed by atoms with Crippen LogP contribution in [0.25, 0.3) is 0 Å². The Hall–Kier alpha value is -0.610. The Labute approximate surface area is 116 Å². The fourth-order valence-electron chi connectivity index (χ4n) is 3.46. The van der Waals surface area contributed by atoms with Crippen LogP contribution in [-0.4, -0.2) is 61.0 Å². The lowest BCUT2D eigenvalue weighted by Crippen LogP contribution is -2.50. The molecular formula is C15H27N3O. The van der Waals surface area contributed by atoms with Gasteiger partial charge in [0.1, 0.15) is 0 Å². The summed E-state index contributed by atoms with van der Waals surface area (Å²) in [6.45, 7) is 8.50. The summed E-state index contributed by atoms with van der Waals surface area (Å²) in [5.41, 5.74) is 0.232. The third kappa shape index (κ3) is 3.29. The summed E-state index contributed by atoms with van der Waals surface area (Å²) in [5.74, 6) is 0.389. The molecule has 0 aromatic rings. The van der Waals surface area contributed by atoms with E-state index in [-0.39, 0.29) is 5.41 Å². The number of nitrogens with zero attached hydrogens (tertiary/aromatic N) is 2. The van der Waals surface area contributed by atoms with Crippen molar-refractivity contribution >= 4 is 5.91 Å². The summed E-state index contributed by atoms with van der Waals surface area (Å²) in [6.07, 6.45) is 5.78. The second kappa shape index (κ2) is 5.41. The number of hydrogen-bond donors (Lipinski definition) is 1. The van der Waals surface area contributed by atoms with Gasteiger partial charge in [-0.3, -0.25) is 9.69 Å². The highest BCUT2D eigenvalue weighted by atomic mass is 16.2. The van der Waals surface area contributed by atoms with E-state index < -0.39 is 0 Å². The summed E-state index contributed by atoms with van der Waals surface area (Å²) in [5, 5.41) is 3.39. The van der Waals surface area contributed by atoms with Gasteiger partial charge in [0.15, 0.2) is 0 Å². The standard InChI is InChI=1S/C15H27N3O/c1-15(4-6-16-7-5-15)12-14(19)18-10-8-17(9-11-18)13-2-3-13/h13,16H,2-12H2,1H3. The molecule has 2 saturated heterocycles. The van der Waals surface area contributed by atoms with E-state index in [1.165, 1.54) is 12.8 Å². The zero-order valence-corrected chi connectivity index (χ0v) is 12.2. The highest BCUT2D eigenvalue weighted by Gasteiger charge is 2.35. The molecule has 0 radical (unpaired) electrons. The zero-order valence-electron chi connectivity index (χ0n) is 12.2. The van der Waals surface area contributed by atoms with Crippen LogP contribution in [0.5, 0.6) is 0 Å². The molecule has 0 bridgehead atoms. The number of hydrogen-bond acceptors (Lipinski definition) is 3. The smallest absolute Gasteiger partial charge is 0.223 e. The molecule has 0 spiro atoms. The molecule has 4 heteroatoms. The number of rotatable bonds is 3. The predicted octanol–water partition coefficient (Wildman–Crippen LogP) is 1.07. The predicted molar refractivity (Wildman–Crippen MR) is 76.0 cm³/mol. The fraction of sp³-hybridized carbons (Fsp3) is 0.933. The van der Waals surface area contributed by atoms with Gasteiger partial charge in [0.25, 0.3) is 0 Å². The third-order valence-corrected chi connectivity index (χ3v) is 5.12. The summed E-state index contributed by atoms with van der Waals surface area (Å²) in [4.78, 5) is 17.1. The van der Waals surface area contributed by atoms with E-state index in [0.29, 0.717) is 5.91 Å². The maximum Gasteiger partial charge on any atom is 0.223 e. The maximum atomic E-state index is 12.5. The average molecular weight is 265 g/mol. The van der Waals surface area contributed by atoms with Crippen molar-refractivity contribution in [3.05, 3.63) is 0 Å². The minimum atomic E-state index is 0.232. The lowest BCUT2D eigenvalue weighted by atomic mass is 9.78. The van der Waals surface area contributed by atoms with Crippen LogP contribution >= 0.6 is 0 Å². The monoisotopic (exact) mass is 265 g/mol. The molecular weight excluding hydrogens is 238 g/mol. The Morgan fingerprint density at radius 3 is 2.37 bits per heavy atom. The minimum absolute atomic E-state index is 0.232. The van der Waals surface area contributed by atoms with Crippen molar-refractivity contribution in [2.24, 2.45) is 5.41 Å². The normalized spacial score (nSPS) is 28.4. The van der Waals surface area contributed by atoms with E-state index >= 15 is 0 Å². The molecule has 0 atom stereocenters. The van der Waals surface area contributed by atoms with Crippen molar-refractivity contribution in [3.63, 3.8) is 0 Å². The van der Waals surface area contributed by atoms with Crippen LogP contribution in [0.2, 0.25) is 0 Å². The van der Waals surface area contributed by atoms with Gasteiger partial charge in [0.05, 0.1) is 0 Å². The van der Waals surface area contributed by atoms with Crippen molar-refractivity contribution in [1.29, 1.82) is 0 Å². The quantitative estimate of drug-likeness (QED) is 0.829. The van der Waals surface area contributed by atoms with E-state index in [2.05, 4.69) is 22.0 Å². The summed E-state index contributed by atoms with van der Waals surface area (Å²) < 4.78 is 0. The molecule has 1 saturated carbocycles. The second-order valence-corrected chi connectivity index (χ2v) is 6.89. The molecule has 4 nitrogen and oxygen atoms in total. The van der Waals surface area contributed by atoms with Crippen LogP contribution in [0.3, 0.4) is 0 Å². The van der Waals surface area contributed by atoms with Crippen LogP contribution in [-0.2, 0) is 4.79 Å². The van der Waals surface area contributed by atoms with Gasteiger partial charge < -0.3 is 10.2 Å². The largest absolute Gasteiger partial charge is 0.340 e. The van der Waals surface area contributed by atoms with Crippen molar-refractivity contribution in [3.8, 4) is 0 Å². The number of nitrogens with one attached hydrogen (secondary N) is 1. The van der Waals surface area contributed by atoms with Crippen molar-refractivity contribution < 1.29 is 4.79 Å². The van der Waals surface area contributed by atoms with Crippen molar-refractivity contribution in [2.75, 3.05) is 39.3 Å². The molecule has 0 unspecified atom stereocenters. The number of piperidine rings is 1. The first kappa shape index (κ1) is 13.4. The maximum absolute atomic E-state index is 12.5. The third-order valence-electron chi connectivity index (χ3n) is 5.12. The average Bonchev–Trinajstić information content (AvgIpc) is 3.23. The van der Waals surface area contributed by atoms with Gasteiger partial charge in [-0.25, -0.2) is 0 Å². The lowest BCUT2D eigenvalue weighted by molar-refractivity contribution is -0.135. The Bertz CT molecular complexity index is 326. The summed E-state index contributed by atoms with van der Waals surface area (Å²) in [6, 6.07) is 0.846. The molecule has 19 heavy (non-hydrogen) atoms. The van der Waals surface area contributed by atoms with Crippen LogP contribution in [0, 0.1) is 5.41 Å². The SMILES string of the molecule is CC1(CC(=O)N2CCN(C3CC3)CC2)CCNCC1. The van der Waals surface area contributed by atoms with Gasteiger partial charge >= 0.3 is 0 Å². The molecule has 3 rings (SSSR count). The molecule has 1 aliphatic carbocycles. The Morgan fingerprint density at radius 2 is 1.79 bits per heavy atom. The van der Waals surface area contributed by atoms with Gasteiger partial charge in [-0.05, 0) is 44.2 Å². The van der Waals surface area contributed by atoms with Crippen LogP contribution in [0.1, 0.15) is 39.0 Å². The van der Waals surface area contributed by atoms with E-state index in [1.807, 2.05) is 0 Å². The van der Waals surface area contributed by atoms with Gasteiger partial charge in [-0.15, -0.1) is 0 Å². The first-order valence-corrected chi connectivity index (χ1v) is 7.89. The highest BCUT2D eigenvalue weighted by Crippen LogP contribution is 2.33. The van der Waals surface area contributed by atoms with Gasteiger partial charge in [-0.2, -0.15) is 0 Å². The molecule has 108 valence electrons. The van der Waals surface area contributed by atoms with E-state index in [0.717, 1.165) is 64.6 Å². The summed E-state index contributed by atoms with van der Waals surface area (Å²) >= 11 is 0. The van der Waals surface area contributed by atoms with Crippen LogP contribution in [0.4, 0.5) is 0 Å². The molecule has 2 heterocycles. The van der Waals surface area contributed by atoms with Gasteiger partial charge in [0.2, 0.25) is 5.91 Å². The molecule has 1 amide bonds. The van der Waals surface area contributed by atoms with E-state index in [4.69, 9.17) is 0 Å². The Morgan fingerprint density at radius 1 is 1.16 bits per heavy atom. The number of piperazine rings is 1. The zero-order chi connectivity index (χ0) is 13.3. The fourth-order valence-corrected chi connectivity index (χ4v) is 3.46. The first-order chi connectivity index (χ1) is 9.16. The number of carbonyl (C=O) groups excluding carboxylic acids is 1. The Balaban J connectivity index is 1.47. The topological polar surface area (TPSA) is 35.6 Å². The number of carbonyl (C=O) groups is 1. The second-order valence-electron chi connectivity index (χ2n) is 6.89. The van der Waals surface area contributed by atoms with Gasteiger partial charge in [-0.1, -0.05) is 6.92 Å². The molecule has 2 aliphatic heterocycles. The minimum Gasteiger partial charge on any atom is -0.340 e. The first-order valence-electron chi connectivity index (χ1n) is 7.89. The van der Waals surface area contributed by atoms with E-state index in [1.54, 1.807) is 0 Å².